The molecule has 180 valence electrons. The van der Waals surface area contributed by atoms with Crippen molar-refractivity contribution in [1.29, 1.82) is 0 Å². The molecule has 0 saturated carbocycles. The molecule has 1 atom stereocenters. The van der Waals surface area contributed by atoms with E-state index in [4.69, 9.17) is 9.47 Å². The minimum Gasteiger partial charge on any atom is -0.496 e. The van der Waals surface area contributed by atoms with Gasteiger partial charge in [0.05, 0.1) is 24.8 Å². The van der Waals surface area contributed by atoms with Crippen LogP contribution in [0.2, 0.25) is 0 Å². The number of amides is 2. The highest BCUT2D eigenvalue weighted by molar-refractivity contribution is 6.21. The van der Waals surface area contributed by atoms with Crippen LogP contribution in [0.4, 0.5) is 0 Å². The lowest BCUT2D eigenvalue weighted by molar-refractivity contribution is 0.0641. The normalized spacial score (nSPS) is 16.8. The van der Waals surface area contributed by atoms with Crippen LogP contribution in [0.1, 0.15) is 50.8 Å². The van der Waals surface area contributed by atoms with Crippen LogP contribution in [0.3, 0.4) is 0 Å². The van der Waals surface area contributed by atoms with Crippen molar-refractivity contribution >= 4 is 11.8 Å². The molecular weight excluding hydrogens is 440 g/mol. The van der Waals surface area contributed by atoms with E-state index in [1.165, 1.54) is 4.90 Å². The zero-order valence-electron chi connectivity index (χ0n) is 20.2. The first-order valence-electron chi connectivity index (χ1n) is 12.2. The summed E-state index contributed by atoms with van der Waals surface area (Å²) >= 11 is 0. The minimum absolute atomic E-state index is 0.200. The molecule has 3 aromatic rings. The summed E-state index contributed by atoms with van der Waals surface area (Å²) in [5.74, 6) is 1.29. The maximum atomic E-state index is 12.9. The van der Waals surface area contributed by atoms with Crippen LogP contribution in [0.25, 0.3) is 0 Å². The average Bonchev–Trinajstić information content (AvgIpc) is 3.13. The number of ether oxygens (including phenoxy) is 2. The third kappa shape index (κ3) is 4.42. The number of rotatable bonds is 8. The van der Waals surface area contributed by atoms with E-state index in [1.807, 2.05) is 36.4 Å². The number of benzene rings is 3. The molecule has 0 aromatic heterocycles. The monoisotopic (exact) mass is 470 g/mol. The molecule has 5 rings (SSSR count). The molecule has 2 aliphatic rings. The minimum atomic E-state index is -0.227. The smallest absolute Gasteiger partial charge is 0.261 e. The van der Waals surface area contributed by atoms with Gasteiger partial charge in [0, 0.05) is 18.2 Å². The third-order valence-electron chi connectivity index (χ3n) is 6.91. The first kappa shape index (κ1) is 23.1. The maximum absolute atomic E-state index is 12.9. The summed E-state index contributed by atoms with van der Waals surface area (Å²) in [4.78, 5) is 29.7. The lowest BCUT2D eigenvalue weighted by Gasteiger charge is -2.36. The van der Waals surface area contributed by atoms with Gasteiger partial charge < -0.3 is 9.47 Å². The van der Waals surface area contributed by atoms with E-state index in [0.717, 1.165) is 47.6 Å². The SMILES string of the molecule is CCCN(Cc1ccccc1CN1C(=O)c2ccccc2C1=O)C1COc2cccc(OC)c2C1. The molecule has 1 unspecified atom stereocenters. The largest absolute Gasteiger partial charge is 0.496 e. The van der Waals surface area contributed by atoms with Crippen LogP contribution >= 0.6 is 0 Å². The summed E-state index contributed by atoms with van der Waals surface area (Å²) in [6.45, 7) is 4.68. The second kappa shape index (κ2) is 9.92. The molecule has 0 radical (unpaired) electrons. The van der Waals surface area contributed by atoms with E-state index in [2.05, 4.69) is 17.9 Å². The molecule has 0 N–H and O–H groups in total. The van der Waals surface area contributed by atoms with E-state index in [-0.39, 0.29) is 24.4 Å². The van der Waals surface area contributed by atoms with Crippen LogP contribution in [-0.2, 0) is 19.5 Å². The van der Waals surface area contributed by atoms with Crippen molar-refractivity contribution in [2.75, 3.05) is 20.3 Å². The Hall–Kier alpha value is -3.64. The highest BCUT2D eigenvalue weighted by Crippen LogP contribution is 2.34. The summed E-state index contributed by atoms with van der Waals surface area (Å²) in [6.07, 6.45) is 1.86. The topological polar surface area (TPSA) is 59.1 Å². The lowest BCUT2D eigenvalue weighted by atomic mass is 9.98. The zero-order valence-corrected chi connectivity index (χ0v) is 20.2. The van der Waals surface area contributed by atoms with Gasteiger partial charge in [-0.2, -0.15) is 0 Å². The average molecular weight is 471 g/mol. The van der Waals surface area contributed by atoms with Gasteiger partial charge in [-0.25, -0.2) is 0 Å². The Balaban J connectivity index is 1.37. The van der Waals surface area contributed by atoms with Crippen molar-refractivity contribution in [3.8, 4) is 11.5 Å². The molecule has 6 heteroatoms. The van der Waals surface area contributed by atoms with Gasteiger partial charge in [0.15, 0.2) is 0 Å². The first-order valence-corrected chi connectivity index (χ1v) is 12.2. The highest BCUT2D eigenvalue weighted by Gasteiger charge is 2.35. The molecule has 2 aliphatic heterocycles. The first-order chi connectivity index (χ1) is 17.1. The Morgan fingerprint density at radius 2 is 1.63 bits per heavy atom. The zero-order chi connectivity index (χ0) is 24.4. The summed E-state index contributed by atoms with van der Waals surface area (Å²) in [5, 5.41) is 0. The summed E-state index contributed by atoms with van der Waals surface area (Å²) < 4.78 is 11.7. The highest BCUT2D eigenvalue weighted by atomic mass is 16.5. The van der Waals surface area contributed by atoms with Gasteiger partial charge in [0.2, 0.25) is 0 Å². The van der Waals surface area contributed by atoms with Crippen molar-refractivity contribution in [3.63, 3.8) is 0 Å². The molecule has 6 nitrogen and oxygen atoms in total. The predicted molar refractivity (Wildman–Crippen MR) is 134 cm³/mol. The van der Waals surface area contributed by atoms with Crippen LogP contribution < -0.4 is 9.47 Å². The number of fused-ring (bicyclic) bond motifs is 2. The lowest BCUT2D eigenvalue weighted by Crippen LogP contribution is -2.43. The van der Waals surface area contributed by atoms with Crippen molar-refractivity contribution in [2.24, 2.45) is 0 Å². The van der Waals surface area contributed by atoms with Crippen LogP contribution in [-0.4, -0.2) is 47.9 Å². The molecule has 0 saturated heterocycles. The molecule has 0 spiro atoms. The van der Waals surface area contributed by atoms with E-state index >= 15 is 0 Å². The molecule has 0 fully saturated rings. The standard InChI is InChI=1S/C29H30N2O4/c1-3-15-30(22-16-25-26(34-2)13-8-14-27(25)35-19-22)17-20-9-4-5-10-21(20)18-31-28(32)23-11-6-7-12-24(23)29(31)33/h4-14,22H,3,15-19H2,1-2H3. The molecule has 2 amide bonds. The molecule has 0 aliphatic carbocycles. The van der Waals surface area contributed by atoms with Crippen molar-refractivity contribution in [3.05, 3.63) is 94.5 Å². The second-order valence-corrected chi connectivity index (χ2v) is 9.09. The van der Waals surface area contributed by atoms with Crippen LogP contribution in [0, 0.1) is 0 Å². The quantitative estimate of drug-likeness (QED) is 0.447. The number of nitrogens with zero attached hydrogens (tertiary/aromatic N) is 2. The molecular formula is C29H30N2O4. The van der Waals surface area contributed by atoms with Crippen LogP contribution in [0.15, 0.2) is 66.7 Å². The van der Waals surface area contributed by atoms with Gasteiger partial charge in [-0.1, -0.05) is 49.4 Å². The molecule has 3 aromatic carbocycles. The number of hydrogen-bond donors (Lipinski definition) is 0. The predicted octanol–water partition coefficient (Wildman–Crippen LogP) is 4.71. The van der Waals surface area contributed by atoms with Gasteiger partial charge in [-0.3, -0.25) is 19.4 Å². The number of hydrogen-bond acceptors (Lipinski definition) is 5. The Morgan fingerprint density at radius 3 is 2.31 bits per heavy atom. The van der Waals surface area contributed by atoms with Gasteiger partial charge in [-0.05, 0) is 54.8 Å². The second-order valence-electron chi connectivity index (χ2n) is 9.09. The van der Waals surface area contributed by atoms with Crippen molar-refractivity contribution < 1.29 is 19.1 Å². The fraction of sp³-hybridized carbons (Fsp3) is 0.310. The third-order valence-corrected chi connectivity index (χ3v) is 6.91. The van der Waals surface area contributed by atoms with Gasteiger partial charge in [0.25, 0.3) is 11.8 Å². The van der Waals surface area contributed by atoms with Gasteiger partial charge >= 0.3 is 0 Å². The molecule has 2 heterocycles. The summed E-state index contributed by atoms with van der Waals surface area (Å²) in [6, 6.07) is 21.2. The molecule has 0 bridgehead atoms. The van der Waals surface area contributed by atoms with Crippen LogP contribution in [0.5, 0.6) is 11.5 Å². The summed E-state index contributed by atoms with van der Waals surface area (Å²) in [5.41, 5.74) is 4.16. The number of carbonyl (C=O) groups is 2. The van der Waals surface area contributed by atoms with Gasteiger partial charge in [-0.15, -0.1) is 0 Å². The maximum Gasteiger partial charge on any atom is 0.261 e. The Morgan fingerprint density at radius 1 is 0.943 bits per heavy atom. The van der Waals surface area contributed by atoms with E-state index in [9.17, 15) is 9.59 Å². The van der Waals surface area contributed by atoms with E-state index in [1.54, 1.807) is 31.4 Å². The van der Waals surface area contributed by atoms with Crippen molar-refractivity contribution in [2.45, 2.75) is 38.9 Å². The Labute approximate surface area is 206 Å². The Kier molecular flexibility index (Phi) is 6.55. The number of methoxy groups -OCH3 is 1. The number of imide groups is 1. The van der Waals surface area contributed by atoms with Crippen molar-refractivity contribution in [1.82, 2.24) is 9.80 Å². The summed E-state index contributed by atoms with van der Waals surface area (Å²) in [7, 11) is 1.69. The van der Waals surface area contributed by atoms with E-state index < -0.39 is 0 Å². The Bertz CT molecular complexity index is 1210. The van der Waals surface area contributed by atoms with Gasteiger partial charge in [0.1, 0.15) is 18.1 Å². The molecule has 35 heavy (non-hydrogen) atoms. The van der Waals surface area contributed by atoms with E-state index in [0.29, 0.717) is 24.3 Å². The fourth-order valence-electron chi connectivity index (χ4n) is 5.10. The number of carbonyl (C=O) groups excluding carboxylic acids is 2. The fourth-order valence-corrected chi connectivity index (χ4v) is 5.10.